The average Bonchev–Trinajstić information content (AvgIpc) is 2.92. The lowest BCUT2D eigenvalue weighted by atomic mass is 10.2. The second-order valence-corrected chi connectivity index (χ2v) is 5.18. The molecular weight excluding hydrogens is 341 g/mol. The van der Waals surface area contributed by atoms with Crippen LogP contribution in [0, 0.1) is 5.82 Å². The van der Waals surface area contributed by atoms with Gasteiger partial charge in [0.1, 0.15) is 11.3 Å². The second kappa shape index (κ2) is 5.29. The largest absolute Gasteiger partial charge is 0.465 e. The Hall–Kier alpha value is -2.21. The van der Waals surface area contributed by atoms with Crippen LogP contribution in [0.2, 0.25) is 0 Å². The summed E-state index contributed by atoms with van der Waals surface area (Å²) in [4.78, 5) is 15.8. The smallest absolute Gasteiger partial charge is 0.337 e. The highest BCUT2D eigenvalue weighted by molar-refractivity contribution is 9.10. The molecule has 2 aromatic carbocycles. The van der Waals surface area contributed by atoms with Gasteiger partial charge in [-0.25, -0.2) is 14.2 Å². The van der Waals surface area contributed by atoms with Gasteiger partial charge in [-0.2, -0.15) is 0 Å². The first-order chi connectivity index (χ1) is 10.1. The Labute approximate surface area is 127 Å². The topological polar surface area (TPSA) is 52.3 Å². The number of ether oxygens (including phenoxy) is 1. The van der Waals surface area contributed by atoms with Gasteiger partial charge in [0.15, 0.2) is 5.58 Å². The van der Waals surface area contributed by atoms with Gasteiger partial charge in [0.25, 0.3) is 0 Å². The monoisotopic (exact) mass is 349 g/mol. The number of hydrogen-bond donors (Lipinski definition) is 0. The van der Waals surface area contributed by atoms with Crippen molar-refractivity contribution in [2.75, 3.05) is 7.11 Å². The minimum absolute atomic E-state index is 0.290. The summed E-state index contributed by atoms with van der Waals surface area (Å²) in [6, 6.07) is 9.40. The van der Waals surface area contributed by atoms with Crippen molar-refractivity contribution in [3.8, 4) is 11.5 Å². The standard InChI is InChI=1S/C15H9BrFNO3/c1-20-15(19)9-3-5-13-12(7-9)18-14(21-13)8-2-4-10(16)11(17)6-8/h2-7H,1H3. The minimum Gasteiger partial charge on any atom is -0.465 e. The van der Waals surface area contributed by atoms with Gasteiger partial charge in [-0.1, -0.05) is 0 Å². The molecular formula is C15H9BrFNO3. The molecule has 0 aliphatic rings. The van der Waals surface area contributed by atoms with Crippen LogP contribution in [0.4, 0.5) is 4.39 Å². The summed E-state index contributed by atoms with van der Waals surface area (Å²) in [5, 5.41) is 0. The second-order valence-electron chi connectivity index (χ2n) is 4.32. The molecule has 0 fully saturated rings. The Kier molecular flexibility index (Phi) is 3.47. The molecule has 21 heavy (non-hydrogen) atoms. The third-order valence-electron chi connectivity index (χ3n) is 2.98. The Morgan fingerprint density at radius 3 is 2.81 bits per heavy atom. The van der Waals surface area contributed by atoms with Crippen molar-refractivity contribution in [2.45, 2.75) is 0 Å². The normalized spacial score (nSPS) is 10.8. The number of carbonyl (C=O) groups excluding carboxylic acids is 1. The number of fused-ring (bicyclic) bond motifs is 1. The predicted molar refractivity (Wildman–Crippen MR) is 78.4 cm³/mol. The molecule has 0 aliphatic carbocycles. The van der Waals surface area contributed by atoms with E-state index in [9.17, 15) is 9.18 Å². The predicted octanol–water partition coefficient (Wildman–Crippen LogP) is 4.18. The summed E-state index contributed by atoms with van der Waals surface area (Å²) in [5.41, 5.74) is 1.93. The summed E-state index contributed by atoms with van der Waals surface area (Å²) in [5.74, 6) is -0.556. The zero-order valence-corrected chi connectivity index (χ0v) is 12.5. The molecule has 1 aromatic heterocycles. The summed E-state index contributed by atoms with van der Waals surface area (Å²) >= 11 is 3.09. The number of rotatable bonds is 2. The zero-order valence-electron chi connectivity index (χ0n) is 10.9. The molecule has 106 valence electrons. The molecule has 0 radical (unpaired) electrons. The van der Waals surface area contributed by atoms with Gasteiger partial charge in [0.2, 0.25) is 5.89 Å². The molecule has 0 bridgehead atoms. The fourth-order valence-electron chi connectivity index (χ4n) is 1.92. The number of hydrogen-bond acceptors (Lipinski definition) is 4. The fourth-order valence-corrected chi connectivity index (χ4v) is 2.17. The summed E-state index contributed by atoms with van der Waals surface area (Å²) in [7, 11) is 1.31. The number of carbonyl (C=O) groups is 1. The lowest BCUT2D eigenvalue weighted by Gasteiger charge is -1.97. The molecule has 0 saturated heterocycles. The molecule has 0 unspecified atom stereocenters. The van der Waals surface area contributed by atoms with Crippen molar-refractivity contribution in [1.29, 1.82) is 0 Å². The van der Waals surface area contributed by atoms with Crippen LogP contribution in [0.1, 0.15) is 10.4 Å². The number of esters is 1. The highest BCUT2D eigenvalue weighted by atomic mass is 79.9. The summed E-state index contributed by atoms with van der Waals surface area (Å²) < 4.78 is 24.2. The summed E-state index contributed by atoms with van der Waals surface area (Å²) in [6.07, 6.45) is 0. The molecule has 0 atom stereocenters. The minimum atomic E-state index is -0.448. The van der Waals surface area contributed by atoms with Gasteiger partial charge >= 0.3 is 5.97 Å². The van der Waals surface area contributed by atoms with Crippen molar-refractivity contribution in [1.82, 2.24) is 4.98 Å². The van der Waals surface area contributed by atoms with Crippen LogP contribution in [0.25, 0.3) is 22.6 Å². The molecule has 0 N–H and O–H groups in total. The zero-order chi connectivity index (χ0) is 15.0. The quantitative estimate of drug-likeness (QED) is 0.651. The van der Waals surface area contributed by atoms with E-state index < -0.39 is 11.8 Å². The number of aromatic nitrogens is 1. The third-order valence-corrected chi connectivity index (χ3v) is 3.62. The van der Waals surface area contributed by atoms with E-state index in [-0.39, 0.29) is 0 Å². The molecule has 1 heterocycles. The van der Waals surface area contributed by atoms with E-state index in [1.807, 2.05) is 0 Å². The van der Waals surface area contributed by atoms with E-state index in [1.165, 1.54) is 13.2 Å². The molecule has 6 heteroatoms. The maximum Gasteiger partial charge on any atom is 0.337 e. The molecule has 0 amide bonds. The molecule has 0 saturated carbocycles. The summed E-state index contributed by atoms with van der Waals surface area (Å²) in [6.45, 7) is 0. The fraction of sp³-hybridized carbons (Fsp3) is 0.0667. The van der Waals surface area contributed by atoms with Gasteiger partial charge in [0.05, 0.1) is 17.1 Å². The Morgan fingerprint density at radius 2 is 2.10 bits per heavy atom. The molecule has 3 rings (SSSR count). The number of methoxy groups -OCH3 is 1. The maximum absolute atomic E-state index is 13.6. The number of halogens is 2. The van der Waals surface area contributed by atoms with Crippen LogP contribution >= 0.6 is 15.9 Å². The van der Waals surface area contributed by atoms with Crippen LogP contribution in [-0.4, -0.2) is 18.1 Å². The number of oxazole rings is 1. The van der Waals surface area contributed by atoms with Crippen LogP contribution < -0.4 is 0 Å². The first-order valence-corrected chi connectivity index (χ1v) is 6.82. The van der Waals surface area contributed by atoms with Crippen molar-refractivity contribution in [3.05, 3.63) is 52.3 Å². The van der Waals surface area contributed by atoms with E-state index in [4.69, 9.17) is 4.42 Å². The highest BCUT2D eigenvalue weighted by Gasteiger charge is 2.13. The van der Waals surface area contributed by atoms with Gasteiger partial charge in [-0.05, 0) is 52.3 Å². The van der Waals surface area contributed by atoms with E-state index in [0.29, 0.717) is 32.6 Å². The maximum atomic E-state index is 13.6. The van der Waals surface area contributed by atoms with Crippen molar-refractivity contribution in [2.24, 2.45) is 0 Å². The molecule has 0 spiro atoms. The molecule has 4 nitrogen and oxygen atoms in total. The Bertz CT molecular complexity index is 844. The van der Waals surface area contributed by atoms with Gasteiger partial charge < -0.3 is 9.15 Å². The van der Waals surface area contributed by atoms with Gasteiger partial charge in [-0.15, -0.1) is 0 Å². The highest BCUT2D eigenvalue weighted by Crippen LogP contribution is 2.27. The SMILES string of the molecule is COC(=O)c1ccc2oc(-c3ccc(Br)c(F)c3)nc2c1. The van der Waals surface area contributed by atoms with E-state index in [0.717, 1.165) is 0 Å². The van der Waals surface area contributed by atoms with Gasteiger partial charge in [0, 0.05) is 5.56 Å². The Balaban J connectivity index is 2.08. The van der Waals surface area contributed by atoms with Crippen molar-refractivity contribution in [3.63, 3.8) is 0 Å². The van der Waals surface area contributed by atoms with Crippen molar-refractivity contribution < 1.29 is 18.3 Å². The third kappa shape index (κ3) is 2.54. The van der Waals surface area contributed by atoms with Crippen LogP contribution in [0.5, 0.6) is 0 Å². The van der Waals surface area contributed by atoms with E-state index in [1.54, 1.807) is 30.3 Å². The van der Waals surface area contributed by atoms with Crippen molar-refractivity contribution >= 4 is 33.0 Å². The first-order valence-electron chi connectivity index (χ1n) is 6.03. The average molecular weight is 350 g/mol. The van der Waals surface area contributed by atoms with Crippen LogP contribution in [-0.2, 0) is 4.74 Å². The van der Waals surface area contributed by atoms with E-state index >= 15 is 0 Å². The number of nitrogens with zero attached hydrogens (tertiary/aromatic N) is 1. The van der Waals surface area contributed by atoms with E-state index in [2.05, 4.69) is 25.7 Å². The Morgan fingerprint density at radius 1 is 1.29 bits per heavy atom. The first kappa shape index (κ1) is 13.8. The van der Waals surface area contributed by atoms with Gasteiger partial charge in [-0.3, -0.25) is 0 Å². The lowest BCUT2D eigenvalue weighted by Crippen LogP contribution is -2.00. The van der Waals surface area contributed by atoms with Crippen LogP contribution in [0.3, 0.4) is 0 Å². The lowest BCUT2D eigenvalue weighted by molar-refractivity contribution is 0.0601. The number of benzene rings is 2. The molecule has 3 aromatic rings. The van der Waals surface area contributed by atoms with Crippen LogP contribution in [0.15, 0.2) is 45.3 Å². The molecule has 0 aliphatic heterocycles.